The Hall–Kier alpha value is -4.90. The average molecular weight is 465 g/mol. The number of amides is 1. The van der Waals surface area contributed by atoms with E-state index in [2.05, 4.69) is 32.6 Å². The zero-order valence-electron chi connectivity index (χ0n) is 19.1. The van der Waals surface area contributed by atoms with Crippen LogP contribution in [0.15, 0.2) is 79.4 Å². The SMILES string of the molecule is Cc1ccc(C(=O)Nc2ccccc2F)cc1C#Cc1cnc2c(Nc3cnn(C)c3)cccn12. The highest BCUT2D eigenvalue weighted by molar-refractivity contribution is 6.04. The normalized spacial score (nSPS) is 10.6. The van der Waals surface area contributed by atoms with Crippen LogP contribution in [-0.2, 0) is 7.05 Å². The summed E-state index contributed by atoms with van der Waals surface area (Å²) in [7, 11) is 1.86. The van der Waals surface area contributed by atoms with Crippen LogP contribution in [-0.4, -0.2) is 25.1 Å². The lowest BCUT2D eigenvalue weighted by Gasteiger charge is -2.07. The summed E-state index contributed by atoms with van der Waals surface area (Å²) in [6, 6.07) is 15.1. The molecule has 172 valence electrons. The number of aromatic nitrogens is 4. The van der Waals surface area contributed by atoms with Gasteiger partial charge in [-0.05, 0) is 54.8 Å². The Kier molecular flexibility index (Phi) is 5.73. The number of para-hydroxylation sites is 1. The molecule has 5 aromatic rings. The Balaban J connectivity index is 1.42. The summed E-state index contributed by atoms with van der Waals surface area (Å²) in [6.45, 7) is 1.92. The van der Waals surface area contributed by atoms with E-state index in [1.807, 2.05) is 49.0 Å². The molecular weight excluding hydrogens is 443 g/mol. The van der Waals surface area contributed by atoms with Gasteiger partial charge in [0.1, 0.15) is 11.5 Å². The number of nitrogens with zero attached hydrogens (tertiary/aromatic N) is 4. The molecular formula is C27H21FN6O. The number of carbonyl (C=O) groups is 1. The number of rotatable bonds is 4. The van der Waals surface area contributed by atoms with Gasteiger partial charge in [0.05, 0.1) is 29.5 Å². The molecule has 0 aliphatic carbocycles. The van der Waals surface area contributed by atoms with Crippen molar-refractivity contribution in [3.05, 3.63) is 108 Å². The third-order valence-electron chi connectivity index (χ3n) is 5.47. The topological polar surface area (TPSA) is 76.2 Å². The molecule has 0 atom stereocenters. The van der Waals surface area contributed by atoms with Gasteiger partial charge in [0, 0.05) is 30.6 Å². The van der Waals surface area contributed by atoms with E-state index in [1.54, 1.807) is 41.3 Å². The van der Waals surface area contributed by atoms with Crippen LogP contribution in [0.1, 0.15) is 27.2 Å². The molecule has 5 rings (SSSR count). The number of hydrogen-bond acceptors (Lipinski definition) is 4. The molecule has 0 spiro atoms. The standard InChI is InChI=1S/C27H21FN6O/c1-18-9-10-20(27(35)32-24-7-4-3-6-23(24)28)14-19(18)11-12-22-16-29-26-25(8-5-13-34(22)26)31-21-15-30-33(2)17-21/h3-10,13-17,31H,1-2H3,(H,32,35). The molecule has 0 aliphatic rings. The fourth-order valence-corrected chi connectivity index (χ4v) is 3.63. The summed E-state index contributed by atoms with van der Waals surface area (Å²) < 4.78 is 17.5. The monoisotopic (exact) mass is 464 g/mol. The van der Waals surface area contributed by atoms with Crippen LogP contribution in [0.3, 0.4) is 0 Å². The Morgan fingerprint density at radius 2 is 1.86 bits per heavy atom. The van der Waals surface area contributed by atoms with Crippen molar-refractivity contribution >= 4 is 28.6 Å². The second-order valence-corrected chi connectivity index (χ2v) is 8.00. The van der Waals surface area contributed by atoms with Crippen LogP contribution >= 0.6 is 0 Å². The molecule has 3 heterocycles. The first-order valence-corrected chi connectivity index (χ1v) is 10.9. The summed E-state index contributed by atoms with van der Waals surface area (Å²) in [5.74, 6) is 5.42. The molecule has 0 unspecified atom stereocenters. The maximum Gasteiger partial charge on any atom is 0.255 e. The lowest BCUT2D eigenvalue weighted by Crippen LogP contribution is -2.13. The van der Waals surface area contributed by atoms with Crippen LogP contribution in [0.2, 0.25) is 0 Å². The Labute approximate surface area is 201 Å². The number of carbonyl (C=O) groups excluding carboxylic acids is 1. The molecule has 7 nitrogen and oxygen atoms in total. The van der Waals surface area contributed by atoms with Gasteiger partial charge in [-0.15, -0.1) is 0 Å². The van der Waals surface area contributed by atoms with E-state index in [-0.39, 0.29) is 5.69 Å². The molecule has 35 heavy (non-hydrogen) atoms. The minimum Gasteiger partial charge on any atom is -0.350 e. The molecule has 1 amide bonds. The number of anilines is 3. The number of nitrogens with one attached hydrogen (secondary N) is 2. The first-order chi connectivity index (χ1) is 17.0. The number of aryl methyl sites for hydroxylation is 2. The summed E-state index contributed by atoms with van der Waals surface area (Å²) in [6.07, 6.45) is 7.23. The van der Waals surface area contributed by atoms with E-state index in [0.717, 1.165) is 22.6 Å². The Bertz CT molecular complexity index is 1620. The number of pyridine rings is 1. The highest BCUT2D eigenvalue weighted by Gasteiger charge is 2.11. The molecule has 2 aromatic carbocycles. The van der Waals surface area contributed by atoms with Crippen LogP contribution in [0.5, 0.6) is 0 Å². The lowest BCUT2D eigenvalue weighted by atomic mass is 10.0. The third kappa shape index (κ3) is 4.61. The molecule has 0 bridgehead atoms. The smallest absolute Gasteiger partial charge is 0.255 e. The lowest BCUT2D eigenvalue weighted by molar-refractivity contribution is 0.102. The molecule has 8 heteroatoms. The van der Waals surface area contributed by atoms with E-state index in [1.165, 1.54) is 12.1 Å². The van der Waals surface area contributed by atoms with Gasteiger partial charge >= 0.3 is 0 Å². The quantitative estimate of drug-likeness (QED) is 0.371. The maximum atomic E-state index is 13.9. The average Bonchev–Trinajstić information content (AvgIpc) is 3.46. The van der Waals surface area contributed by atoms with Gasteiger partial charge in [-0.25, -0.2) is 9.37 Å². The van der Waals surface area contributed by atoms with Gasteiger partial charge in [-0.1, -0.05) is 24.1 Å². The molecule has 0 saturated carbocycles. The summed E-state index contributed by atoms with van der Waals surface area (Å²) >= 11 is 0. The molecule has 0 radical (unpaired) electrons. The van der Waals surface area contributed by atoms with Crippen LogP contribution in [0.4, 0.5) is 21.5 Å². The van der Waals surface area contributed by atoms with Gasteiger partial charge in [-0.2, -0.15) is 5.10 Å². The number of hydrogen-bond donors (Lipinski definition) is 2. The third-order valence-corrected chi connectivity index (χ3v) is 5.47. The van der Waals surface area contributed by atoms with Gasteiger partial charge in [0.25, 0.3) is 5.91 Å². The second kappa shape index (κ2) is 9.15. The minimum absolute atomic E-state index is 0.132. The van der Waals surface area contributed by atoms with Crippen molar-refractivity contribution in [3.63, 3.8) is 0 Å². The highest BCUT2D eigenvalue weighted by atomic mass is 19.1. The van der Waals surface area contributed by atoms with E-state index < -0.39 is 11.7 Å². The van der Waals surface area contributed by atoms with Gasteiger partial charge in [0.2, 0.25) is 0 Å². The predicted molar refractivity (Wildman–Crippen MR) is 133 cm³/mol. The Morgan fingerprint density at radius 1 is 1.03 bits per heavy atom. The van der Waals surface area contributed by atoms with Crippen molar-refractivity contribution in [2.75, 3.05) is 10.6 Å². The Morgan fingerprint density at radius 3 is 2.66 bits per heavy atom. The zero-order valence-corrected chi connectivity index (χ0v) is 19.1. The molecule has 2 N–H and O–H groups in total. The number of benzene rings is 2. The largest absolute Gasteiger partial charge is 0.350 e. The van der Waals surface area contributed by atoms with Crippen molar-refractivity contribution < 1.29 is 9.18 Å². The van der Waals surface area contributed by atoms with Gasteiger partial charge in [0.15, 0.2) is 5.65 Å². The zero-order chi connectivity index (χ0) is 24.4. The van der Waals surface area contributed by atoms with Crippen LogP contribution in [0, 0.1) is 24.6 Å². The fourth-order valence-electron chi connectivity index (χ4n) is 3.63. The summed E-state index contributed by atoms with van der Waals surface area (Å²) in [4.78, 5) is 17.2. The first-order valence-electron chi connectivity index (χ1n) is 10.9. The molecule has 0 fully saturated rings. The highest BCUT2D eigenvalue weighted by Crippen LogP contribution is 2.21. The first kappa shape index (κ1) is 21.9. The van der Waals surface area contributed by atoms with Crippen molar-refractivity contribution in [3.8, 4) is 11.8 Å². The fraction of sp³-hybridized carbons (Fsp3) is 0.0741. The minimum atomic E-state index is -0.488. The second-order valence-electron chi connectivity index (χ2n) is 8.00. The van der Waals surface area contributed by atoms with E-state index in [0.29, 0.717) is 16.8 Å². The van der Waals surface area contributed by atoms with E-state index in [4.69, 9.17) is 0 Å². The molecule has 3 aromatic heterocycles. The molecule has 0 aliphatic heterocycles. The van der Waals surface area contributed by atoms with Crippen molar-refractivity contribution in [2.24, 2.45) is 7.05 Å². The number of fused-ring (bicyclic) bond motifs is 1. The van der Waals surface area contributed by atoms with Gasteiger partial charge < -0.3 is 10.6 Å². The van der Waals surface area contributed by atoms with Crippen molar-refractivity contribution in [2.45, 2.75) is 6.92 Å². The van der Waals surface area contributed by atoms with Crippen molar-refractivity contribution in [1.29, 1.82) is 0 Å². The van der Waals surface area contributed by atoms with Crippen molar-refractivity contribution in [1.82, 2.24) is 19.2 Å². The molecule has 0 saturated heterocycles. The van der Waals surface area contributed by atoms with Crippen LogP contribution in [0.25, 0.3) is 5.65 Å². The van der Waals surface area contributed by atoms with E-state index in [9.17, 15) is 9.18 Å². The number of imidazole rings is 1. The predicted octanol–water partition coefficient (Wildman–Crippen LogP) is 4.91. The van der Waals surface area contributed by atoms with E-state index >= 15 is 0 Å². The maximum absolute atomic E-state index is 13.9. The number of halogens is 1. The summed E-state index contributed by atoms with van der Waals surface area (Å²) in [5, 5.41) is 10.1. The van der Waals surface area contributed by atoms with Gasteiger partial charge in [-0.3, -0.25) is 13.9 Å². The van der Waals surface area contributed by atoms with Crippen LogP contribution < -0.4 is 10.6 Å². The summed E-state index contributed by atoms with van der Waals surface area (Å²) in [5.41, 5.74) is 5.27.